The average Bonchev–Trinajstić information content (AvgIpc) is 1.99. The fourth-order valence-electron chi connectivity index (χ4n) is 1.56. The van der Waals surface area contributed by atoms with Crippen LogP contribution in [0.5, 0.6) is 0 Å². The zero-order valence-electron chi connectivity index (χ0n) is 10.4. The van der Waals surface area contributed by atoms with Crippen molar-refractivity contribution in [3.05, 3.63) is 12.7 Å². The van der Waals surface area contributed by atoms with Gasteiger partial charge in [0.2, 0.25) is 0 Å². The van der Waals surface area contributed by atoms with Gasteiger partial charge in [-0.3, -0.25) is 0 Å². The van der Waals surface area contributed by atoms with Crippen LogP contribution in [0.25, 0.3) is 0 Å². The Kier molecular flexibility index (Phi) is 5.58. The molecule has 0 aromatic carbocycles. The van der Waals surface area contributed by atoms with Gasteiger partial charge < -0.3 is 9.47 Å². The van der Waals surface area contributed by atoms with E-state index in [1.807, 2.05) is 34.6 Å². The van der Waals surface area contributed by atoms with Crippen molar-refractivity contribution in [1.29, 1.82) is 0 Å². The van der Waals surface area contributed by atoms with Crippen molar-refractivity contribution >= 4 is 5.97 Å². The van der Waals surface area contributed by atoms with Crippen LogP contribution >= 0.6 is 0 Å². The quantitative estimate of drug-likeness (QED) is 0.503. The van der Waals surface area contributed by atoms with Crippen LogP contribution in [-0.4, -0.2) is 23.8 Å². The Hall–Kier alpha value is -0.830. The lowest BCUT2D eigenvalue weighted by atomic mass is 10.0. The van der Waals surface area contributed by atoms with Crippen molar-refractivity contribution in [2.24, 2.45) is 0 Å². The van der Waals surface area contributed by atoms with Gasteiger partial charge in [0.15, 0.2) is 0 Å². The number of carbonyl (C=O) groups is 1. The molecule has 0 aromatic rings. The predicted molar refractivity (Wildman–Crippen MR) is 60.7 cm³/mol. The van der Waals surface area contributed by atoms with Gasteiger partial charge in [0.05, 0.1) is 12.2 Å². The highest BCUT2D eigenvalue weighted by molar-refractivity contribution is 5.81. The summed E-state index contributed by atoms with van der Waals surface area (Å²) in [6.07, 6.45) is 2.10. The molecular weight excluding hydrogens is 192 g/mol. The maximum absolute atomic E-state index is 11.1. The second-order valence-electron chi connectivity index (χ2n) is 4.58. The molecule has 1 unspecified atom stereocenters. The van der Waals surface area contributed by atoms with Crippen LogP contribution in [0.15, 0.2) is 12.7 Å². The van der Waals surface area contributed by atoms with Crippen molar-refractivity contribution in [3.63, 3.8) is 0 Å². The maximum atomic E-state index is 11.1. The standard InChI is InChI=1S/C12H22O3/c1-7-11(13)15-12(5,6)8-10(4)14-9(2)3/h7,9-10H,1,8H2,2-6H3. The molecule has 0 aromatic heterocycles. The number of ether oxygens (including phenoxy) is 2. The summed E-state index contributed by atoms with van der Waals surface area (Å²) >= 11 is 0. The van der Waals surface area contributed by atoms with Crippen LogP contribution in [0.4, 0.5) is 0 Å². The third-order valence-corrected chi connectivity index (χ3v) is 1.83. The molecule has 0 aliphatic carbocycles. The molecule has 15 heavy (non-hydrogen) atoms. The molecule has 0 N–H and O–H groups in total. The lowest BCUT2D eigenvalue weighted by Gasteiger charge is -2.28. The summed E-state index contributed by atoms with van der Waals surface area (Å²) in [6, 6.07) is 0. The summed E-state index contributed by atoms with van der Waals surface area (Å²) in [5, 5.41) is 0. The average molecular weight is 214 g/mol. The summed E-state index contributed by atoms with van der Waals surface area (Å²) in [5.41, 5.74) is -0.514. The molecule has 3 heteroatoms. The highest BCUT2D eigenvalue weighted by Gasteiger charge is 2.25. The van der Waals surface area contributed by atoms with Crippen molar-refractivity contribution in [2.75, 3.05) is 0 Å². The van der Waals surface area contributed by atoms with E-state index in [0.29, 0.717) is 6.42 Å². The summed E-state index contributed by atoms with van der Waals surface area (Å²) in [7, 11) is 0. The fourth-order valence-corrected chi connectivity index (χ4v) is 1.56. The van der Waals surface area contributed by atoms with Crippen molar-refractivity contribution in [3.8, 4) is 0 Å². The highest BCUT2D eigenvalue weighted by Crippen LogP contribution is 2.19. The smallest absolute Gasteiger partial charge is 0.330 e. The van der Waals surface area contributed by atoms with Crippen molar-refractivity contribution in [2.45, 2.75) is 58.8 Å². The molecule has 1 atom stereocenters. The summed E-state index contributed by atoms with van der Waals surface area (Å²) in [5.74, 6) is -0.392. The van der Waals surface area contributed by atoms with E-state index >= 15 is 0 Å². The van der Waals surface area contributed by atoms with Crippen LogP contribution in [0.3, 0.4) is 0 Å². The lowest BCUT2D eigenvalue weighted by Crippen LogP contribution is -2.32. The van der Waals surface area contributed by atoms with Gasteiger partial charge in [-0.1, -0.05) is 6.58 Å². The number of esters is 1. The molecule has 0 saturated heterocycles. The van der Waals surface area contributed by atoms with Crippen molar-refractivity contribution in [1.82, 2.24) is 0 Å². The molecule has 0 fully saturated rings. The summed E-state index contributed by atoms with van der Waals surface area (Å²) < 4.78 is 10.8. The lowest BCUT2D eigenvalue weighted by molar-refractivity contribution is -0.153. The first-order chi connectivity index (χ1) is 6.76. The Balaban J connectivity index is 4.12. The molecule has 0 aliphatic heterocycles. The first kappa shape index (κ1) is 14.2. The molecular formula is C12H22O3. The Bertz CT molecular complexity index is 219. The van der Waals surface area contributed by atoms with Gasteiger partial charge >= 0.3 is 5.97 Å². The molecule has 0 bridgehead atoms. The predicted octanol–water partition coefficient (Wildman–Crippen LogP) is 2.70. The minimum atomic E-state index is -0.514. The molecule has 0 amide bonds. The Morgan fingerprint density at radius 2 is 1.93 bits per heavy atom. The van der Waals surface area contributed by atoms with Crippen LogP contribution in [0.2, 0.25) is 0 Å². The molecule has 0 spiro atoms. The van der Waals surface area contributed by atoms with Gasteiger partial charge in [0.1, 0.15) is 5.60 Å². The second-order valence-corrected chi connectivity index (χ2v) is 4.58. The zero-order chi connectivity index (χ0) is 12.1. The van der Waals surface area contributed by atoms with Crippen LogP contribution in [0.1, 0.15) is 41.0 Å². The zero-order valence-corrected chi connectivity index (χ0v) is 10.4. The van der Waals surface area contributed by atoms with E-state index in [2.05, 4.69) is 6.58 Å². The third-order valence-electron chi connectivity index (χ3n) is 1.83. The fraction of sp³-hybridized carbons (Fsp3) is 0.750. The highest BCUT2D eigenvalue weighted by atomic mass is 16.6. The molecule has 3 nitrogen and oxygen atoms in total. The summed E-state index contributed by atoms with van der Waals surface area (Å²) in [4.78, 5) is 11.1. The number of carbonyl (C=O) groups excluding carboxylic acids is 1. The van der Waals surface area contributed by atoms with E-state index in [0.717, 1.165) is 0 Å². The Labute approximate surface area is 92.5 Å². The Morgan fingerprint density at radius 3 is 2.33 bits per heavy atom. The van der Waals surface area contributed by atoms with E-state index in [-0.39, 0.29) is 12.2 Å². The van der Waals surface area contributed by atoms with E-state index < -0.39 is 11.6 Å². The van der Waals surface area contributed by atoms with Gasteiger partial charge in [0, 0.05) is 12.5 Å². The molecule has 0 aliphatic rings. The van der Waals surface area contributed by atoms with Crippen molar-refractivity contribution < 1.29 is 14.3 Å². The molecule has 0 saturated carbocycles. The van der Waals surface area contributed by atoms with E-state index in [1.54, 1.807) is 0 Å². The maximum Gasteiger partial charge on any atom is 0.330 e. The van der Waals surface area contributed by atoms with Gasteiger partial charge in [-0.25, -0.2) is 4.79 Å². The number of hydrogen-bond donors (Lipinski definition) is 0. The number of rotatable bonds is 6. The van der Waals surface area contributed by atoms with Crippen LogP contribution in [0, 0.1) is 0 Å². The van der Waals surface area contributed by atoms with Gasteiger partial charge in [-0.05, 0) is 34.6 Å². The minimum Gasteiger partial charge on any atom is -0.456 e. The topological polar surface area (TPSA) is 35.5 Å². The monoisotopic (exact) mass is 214 g/mol. The second kappa shape index (κ2) is 5.91. The van der Waals surface area contributed by atoms with E-state index in [9.17, 15) is 4.79 Å². The normalized spacial score (nSPS) is 13.7. The number of hydrogen-bond acceptors (Lipinski definition) is 3. The van der Waals surface area contributed by atoms with Gasteiger partial charge in [-0.2, -0.15) is 0 Å². The Morgan fingerprint density at radius 1 is 1.40 bits per heavy atom. The van der Waals surface area contributed by atoms with E-state index in [1.165, 1.54) is 6.08 Å². The summed E-state index contributed by atoms with van der Waals surface area (Å²) in [6.45, 7) is 13.1. The molecule has 0 rings (SSSR count). The van der Waals surface area contributed by atoms with Crippen LogP contribution in [-0.2, 0) is 14.3 Å². The van der Waals surface area contributed by atoms with Crippen LogP contribution < -0.4 is 0 Å². The van der Waals surface area contributed by atoms with E-state index in [4.69, 9.17) is 9.47 Å². The molecule has 0 heterocycles. The van der Waals surface area contributed by atoms with Gasteiger partial charge in [0.25, 0.3) is 0 Å². The van der Waals surface area contributed by atoms with Gasteiger partial charge in [-0.15, -0.1) is 0 Å². The minimum absolute atomic E-state index is 0.0672. The molecule has 0 radical (unpaired) electrons. The first-order valence-electron chi connectivity index (χ1n) is 5.27. The third kappa shape index (κ3) is 7.14. The SMILES string of the molecule is C=CC(=O)OC(C)(C)CC(C)OC(C)C. The first-order valence-corrected chi connectivity index (χ1v) is 5.27. The molecule has 88 valence electrons. The largest absolute Gasteiger partial charge is 0.456 e.